The monoisotopic (exact) mass is 136 g/mol. The van der Waals surface area contributed by atoms with Crippen molar-refractivity contribution in [3.8, 4) is 0 Å². The van der Waals surface area contributed by atoms with E-state index in [4.69, 9.17) is 0 Å². The van der Waals surface area contributed by atoms with Gasteiger partial charge in [-0.1, -0.05) is 18.2 Å². The average Bonchev–Trinajstić information content (AvgIpc) is 2.33. The zero-order chi connectivity index (χ0) is 6.10. The highest BCUT2D eigenvalue weighted by atomic mass is 32.2. The minimum absolute atomic E-state index is 1.15. The minimum Gasteiger partial charge on any atom is -0.129 e. The highest BCUT2D eigenvalue weighted by molar-refractivity contribution is 8.02. The third-order valence-electron chi connectivity index (χ3n) is 1.65. The molecule has 0 N–H and O–H groups in total. The third-order valence-corrected chi connectivity index (χ3v) is 2.58. The Labute approximate surface area is 59.3 Å². The summed E-state index contributed by atoms with van der Waals surface area (Å²) in [6.07, 6.45) is 7.73. The minimum atomic E-state index is 1.15. The second-order valence-electron chi connectivity index (χ2n) is 2.28. The molecule has 0 fully saturated rings. The summed E-state index contributed by atoms with van der Waals surface area (Å²) in [6, 6.07) is 0. The molecule has 0 atom stereocenters. The van der Waals surface area contributed by atoms with Crippen molar-refractivity contribution in [3.05, 3.63) is 34.8 Å². The molecule has 1 aliphatic carbocycles. The Hall–Kier alpha value is -0.430. The van der Waals surface area contributed by atoms with Crippen LogP contribution in [0.2, 0.25) is 0 Å². The van der Waals surface area contributed by atoms with Crippen LogP contribution in [0.3, 0.4) is 0 Å². The molecule has 0 radical (unpaired) electrons. The summed E-state index contributed by atoms with van der Waals surface area (Å²) >= 11 is 1.91. The molecule has 0 aromatic heterocycles. The van der Waals surface area contributed by atoms with E-state index in [0.717, 1.165) is 6.42 Å². The molecule has 1 aliphatic heterocycles. The highest BCUT2D eigenvalue weighted by Crippen LogP contribution is 2.31. The predicted octanol–water partition coefficient (Wildman–Crippen LogP) is 2.50. The van der Waals surface area contributed by atoms with Gasteiger partial charge >= 0.3 is 0 Å². The topological polar surface area (TPSA) is 0 Å². The molecule has 1 heteroatoms. The lowest BCUT2D eigenvalue weighted by Gasteiger charge is -2.03. The van der Waals surface area contributed by atoms with Crippen LogP contribution in [0.15, 0.2) is 34.8 Å². The molecule has 0 saturated heterocycles. The van der Waals surface area contributed by atoms with Gasteiger partial charge in [0, 0.05) is 5.75 Å². The molecule has 46 valence electrons. The smallest absolute Gasteiger partial charge is 0.0229 e. The summed E-state index contributed by atoms with van der Waals surface area (Å²) in [5.74, 6) is 1.19. The predicted molar refractivity (Wildman–Crippen MR) is 42.4 cm³/mol. The van der Waals surface area contributed by atoms with E-state index < -0.39 is 0 Å². The number of fused-ring (bicyclic) bond motifs is 1. The SMILES string of the molecule is C1=CCC2=CSCC2=C1. The summed E-state index contributed by atoms with van der Waals surface area (Å²) in [4.78, 5) is 0. The summed E-state index contributed by atoms with van der Waals surface area (Å²) in [7, 11) is 0. The van der Waals surface area contributed by atoms with Crippen molar-refractivity contribution in [2.45, 2.75) is 6.42 Å². The van der Waals surface area contributed by atoms with Crippen LogP contribution in [0, 0.1) is 0 Å². The first-order chi connectivity index (χ1) is 4.47. The van der Waals surface area contributed by atoms with Crippen molar-refractivity contribution in [2.24, 2.45) is 0 Å². The lowest BCUT2D eigenvalue weighted by atomic mass is 10.0. The van der Waals surface area contributed by atoms with E-state index in [-0.39, 0.29) is 0 Å². The van der Waals surface area contributed by atoms with Crippen LogP contribution < -0.4 is 0 Å². The number of hydrogen-bond donors (Lipinski definition) is 0. The Morgan fingerprint density at radius 3 is 3.22 bits per heavy atom. The summed E-state index contributed by atoms with van der Waals surface area (Å²) < 4.78 is 0. The van der Waals surface area contributed by atoms with Gasteiger partial charge in [0.2, 0.25) is 0 Å². The van der Waals surface area contributed by atoms with Crippen molar-refractivity contribution in [3.63, 3.8) is 0 Å². The zero-order valence-corrected chi connectivity index (χ0v) is 5.95. The van der Waals surface area contributed by atoms with Crippen LogP contribution in [0.5, 0.6) is 0 Å². The first kappa shape index (κ1) is 5.36. The maximum atomic E-state index is 2.27. The normalized spacial score (nSPS) is 23.1. The van der Waals surface area contributed by atoms with E-state index in [2.05, 4.69) is 23.6 Å². The first-order valence-electron chi connectivity index (χ1n) is 3.13. The fourth-order valence-corrected chi connectivity index (χ4v) is 2.11. The van der Waals surface area contributed by atoms with E-state index in [1.807, 2.05) is 11.8 Å². The number of rotatable bonds is 0. The van der Waals surface area contributed by atoms with Crippen molar-refractivity contribution in [2.75, 3.05) is 5.75 Å². The molecule has 0 unspecified atom stereocenters. The fraction of sp³-hybridized carbons (Fsp3) is 0.250. The summed E-state index contributed by atoms with van der Waals surface area (Å²) in [6.45, 7) is 0. The van der Waals surface area contributed by atoms with Gasteiger partial charge in [0.25, 0.3) is 0 Å². The molecule has 9 heavy (non-hydrogen) atoms. The molecule has 2 aliphatic rings. The summed E-state index contributed by atoms with van der Waals surface area (Å²) in [5, 5.41) is 2.27. The maximum absolute atomic E-state index is 2.27. The average molecular weight is 136 g/mol. The quantitative estimate of drug-likeness (QED) is 0.493. The van der Waals surface area contributed by atoms with Crippen molar-refractivity contribution in [1.82, 2.24) is 0 Å². The number of hydrogen-bond acceptors (Lipinski definition) is 1. The molecular weight excluding hydrogens is 128 g/mol. The standard InChI is InChI=1S/C8H8S/c1-2-4-8-6-9-5-7(8)3-1/h1-3,6H,4-5H2. The zero-order valence-electron chi connectivity index (χ0n) is 5.13. The van der Waals surface area contributed by atoms with Gasteiger partial charge in [-0.05, 0) is 23.0 Å². The Balaban J connectivity index is 2.37. The molecular formula is C8H8S. The molecule has 0 nitrogen and oxygen atoms in total. The Morgan fingerprint density at radius 2 is 2.33 bits per heavy atom. The van der Waals surface area contributed by atoms with Gasteiger partial charge in [-0.25, -0.2) is 0 Å². The Kier molecular flexibility index (Phi) is 1.23. The van der Waals surface area contributed by atoms with E-state index in [1.54, 1.807) is 0 Å². The van der Waals surface area contributed by atoms with Gasteiger partial charge in [0.1, 0.15) is 0 Å². The number of allylic oxidation sites excluding steroid dienone is 4. The molecule has 1 heterocycles. The lowest BCUT2D eigenvalue weighted by molar-refractivity contribution is 1.21. The van der Waals surface area contributed by atoms with Gasteiger partial charge in [-0.2, -0.15) is 0 Å². The van der Waals surface area contributed by atoms with Crippen LogP contribution in [0.1, 0.15) is 6.42 Å². The van der Waals surface area contributed by atoms with E-state index in [1.165, 1.54) is 16.9 Å². The second kappa shape index (κ2) is 2.07. The molecule has 0 amide bonds. The van der Waals surface area contributed by atoms with Crippen LogP contribution in [0.4, 0.5) is 0 Å². The third kappa shape index (κ3) is 0.855. The fourth-order valence-electron chi connectivity index (χ4n) is 1.11. The molecule has 0 bridgehead atoms. The molecule has 0 aromatic rings. The van der Waals surface area contributed by atoms with Crippen molar-refractivity contribution < 1.29 is 0 Å². The van der Waals surface area contributed by atoms with Gasteiger partial charge in [-0.15, -0.1) is 11.8 Å². The van der Waals surface area contributed by atoms with Gasteiger partial charge in [0.05, 0.1) is 0 Å². The number of thioether (sulfide) groups is 1. The Bertz CT molecular complexity index is 209. The van der Waals surface area contributed by atoms with Gasteiger partial charge in [0.15, 0.2) is 0 Å². The summed E-state index contributed by atoms with van der Waals surface area (Å²) in [5.41, 5.74) is 3.06. The Morgan fingerprint density at radius 1 is 1.33 bits per heavy atom. The van der Waals surface area contributed by atoms with Gasteiger partial charge < -0.3 is 0 Å². The van der Waals surface area contributed by atoms with E-state index in [0.29, 0.717) is 0 Å². The van der Waals surface area contributed by atoms with E-state index >= 15 is 0 Å². The maximum Gasteiger partial charge on any atom is 0.0229 e. The van der Waals surface area contributed by atoms with Crippen LogP contribution in [0.25, 0.3) is 0 Å². The molecule has 0 aromatic carbocycles. The highest BCUT2D eigenvalue weighted by Gasteiger charge is 2.11. The lowest BCUT2D eigenvalue weighted by Crippen LogP contribution is -1.88. The largest absolute Gasteiger partial charge is 0.129 e. The van der Waals surface area contributed by atoms with Crippen LogP contribution in [-0.4, -0.2) is 5.75 Å². The van der Waals surface area contributed by atoms with Crippen LogP contribution in [-0.2, 0) is 0 Å². The van der Waals surface area contributed by atoms with Crippen LogP contribution >= 0.6 is 11.8 Å². The van der Waals surface area contributed by atoms with E-state index in [9.17, 15) is 0 Å². The molecule has 0 spiro atoms. The molecule has 2 rings (SSSR count). The second-order valence-corrected chi connectivity index (χ2v) is 3.14. The van der Waals surface area contributed by atoms with Crippen molar-refractivity contribution >= 4 is 11.8 Å². The first-order valence-corrected chi connectivity index (χ1v) is 4.18. The molecule has 0 saturated carbocycles. The van der Waals surface area contributed by atoms with Gasteiger partial charge in [-0.3, -0.25) is 0 Å². The van der Waals surface area contributed by atoms with Crippen molar-refractivity contribution in [1.29, 1.82) is 0 Å².